The van der Waals surface area contributed by atoms with E-state index in [2.05, 4.69) is 19.2 Å². The van der Waals surface area contributed by atoms with Gasteiger partial charge in [0.1, 0.15) is 0 Å². The van der Waals surface area contributed by atoms with E-state index < -0.39 is 0 Å². The van der Waals surface area contributed by atoms with Gasteiger partial charge in [0.2, 0.25) is 5.91 Å². The van der Waals surface area contributed by atoms with E-state index in [1.807, 2.05) is 12.1 Å². The summed E-state index contributed by atoms with van der Waals surface area (Å²) < 4.78 is 0. The Balaban J connectivity index is 1.88. The summed E-state index contributed by atoms with van der Waals surface area (Å²) >= 11 is 6.08. The lowest BCUT2D eigenvalue weighted by Crippen LogP contribution is -2.43. The van der Waals surface area contributed by atoms with E-state index >= 15 is 0 Å². The molecule has 1 aliphatic rings. The number of carbonyl (C=O) groups is 2. The van der Waals surface area contributed by atoms with E-state index in [4.69, 9.17) is 11.6 Å². The van der Waals surface area contributed by atoms with Gasteiger partial charge in [-0.2, -0.15) is 0 Å². The number of hydrogen-bond acceptors (Lipinski definition) is 2. The molecule has 0 saturated carbocycles. The highest BCUT2D eigenvalue weighted by Gasteiger charge is 2.28. The van der Waals surface area contributed by atoms with Crippen LogP contribution >= 0.6 is 11.6 Å². The monoisotopic (exact) mass is 322 g/mol. The number of nitrogens with zero attached hydrogens (tertiary/aromatic N) is 1. The SMILES string of the molecule is CC(C)CNC(=O)C1CCN(C(=O)c2ccccc2Cl)CC1. The Morgan fingerprint density at radius 2 is 1.91 bits per heavy atom. The first-order chi connectivity index (χ1) is 10.5. The number of amides is 2. The molecule has 0 aliphatic carbocycles. The Morgan fingerprint density at radius 1 is 1.27 bits per heavy atom. The number of nitrogens with one attached hydrogen (secondary N) is 1. The van der Waals surface area contributed by atoms with Gasteiger partial charge in [0.15, 0.2) is 0 Å². The maximum Gasteiger partial charge on any atom is 0.255 e. The van der Waals surface area contributed by atoms with E-state index in [-0.39, 0.29) is 17.7 Å². The molecule has 0 bridgehead atoms. The predicted octanol–water partition coefficient (Wildman–Crippen LogP) is 2.96. The molecule has 1 heterocycles. The molecule has 0 radical (unpaired) electrons. The fourth-order valence-corrected chi connectivity index (χ4v) is 2.82. The maximum atomic E-state index is 12.5. The second-order valence-electron chi connectivity index (χ2n) is 6.19. The van der Waals surface area contributed by atoms with Crippen LogP contribution < -0.4 is 5.32 Å². The standard InChI is InChI=1S/C17H23ClN2O2/c1-12(2)11-19-16(21)13-7-9-20(10-8-13)17(22)14-5-3-4-6-15(14)18/h3-6,12-13H,7-11H2,1-2H3,(H,19,21). The van der Waals surface area contributed by atoms with Crippen molar-refractivity contribution in [3.63, 3.8) is 0 Å². The molecule has 22 heavy (non-hydrogen) atoms. The molecule has 1 saturated heterocycles. The molecule has 5 heteroatoms. The van der Waals surface area contributed by atoms with Crippen LogP contribution in [0.4, 0.5) is 0 Å². The fourth-order valence-electron chi connectivity index (χ4n) is 2.60. The third-order valence-corrected chi connectivity index (χ3v) is 4.27. The number of hydrogen-bond donors (Lipinski definition) is 1. The van der Waals surface area contributed by atoms with Crippen LogP contribution in [-0.4, -0.2) is 36.3 Å². The van der Waals surface area contributed by atoms with E-state index in [1.165, 1.54) is 0 Å². The zero-order chi connectivity index (χ0) is 16.1. The van der Waals surface area contributed by atoms with Crippen LogP contribution in [0.3, 0.4) is 0 Å². The minimum Gasteiger partial charge on any atom is -0.356 e. The number of halogens is 1. The molecule has 0 aromatic heterocycles. The van der Waals surface area contributed by atoms with Gasteiger partial charge in [-0.1, -0.05) is 37.6 Å². The topological polar surface area (TPSA) is 49.4 Å². The minimum absolute atomic E-state index is 0.00838. The first kappa shape index (κ1) is 16.8. The zero-order valence-corrected chi connectivity index (χ0v) is 13.9. The predicted molar refractivity (Wildman–Crippen MR) is 87.9 cm³/mol. The first-order valence-corrected chi connectivity index (χ1v) is 8.18. The molecule has 2 rings (SSSR count). The summed E-state index contributed by atoms with van der Waals surface area (Å²) in [7, 11) is 0. The molecule has 1 aromatic rings. The third-order valence-electron chi connectivity index (χ3n) is 3.94. The van der Waals surface area contributed by atoms with Crippen LogP contribution in [0.2, 0.25) is 5.02 Å². The number of rotatable bonds is 4. The smallest absolute Gasteiger partial charge is 0.255 e. The summed E-state index contributed by atoms with van der Waals surface area (Å²) in [4.78, 5) is 26.3. The van der Waals surface area contributed by atoms with Gasteiger partial charge in [-0.05, 0) is 30.9 Å². The normalized spacial score (nSPS) is 15.9. The van der Waals surface area contributed by atoms with Crippen LogP contribution in [0.5, 0.6) is 0 Å². The molecule has 0 atom stereocenters. The van der Waals surface area contributed by atoms with Gasteiger partial charge < -0.3 is 10.2 Å². The summed E-state index contributed by atoms with van der Waals surface area (Å²) in [6, 6.07) is 7.09. The highest BCUT2D eigenvalue weighted by atomic mass is 35.5. The third kappa shape index (κ3) is 4.23. The molecule has 1 fully saturated rings. The van der Waals surface area contributed by atoms with Gasteiger partial charge in [-0.3, -0.25) is 9.59 Å². The molecule has 2 amide bonds. The fraction of sp³-hybridized carbons (Fsp3) is 0.529. The molecule has 0 spiro atoms. The summed E-state index contributed by atoms with van der Waals surface area (Å²) in [6.07, 6.45) is 1.42. The summed E-state index contributed by atoms with van der Waals surface area (Å²) in [5.74, 6) is 0.519. The average Bonchev–Trinajstić information content (AvgIpc) is 2.52. The van der Waals surface area contributed by atoms with Crippen LogP contribution in [0.15, 0.2) is 24.3 Å². The van der Waals surface area contributed by atoms with Crippen molar-refractivity contribution in [2.45, 2.75) is 26.7 Å². The van der Waals surface area contributed by atoms with Crippen molar-refractivity contribution >= 4 is 23.4 Å². The minimum atomic E-state index is -0.0494. The number of benzene rings is 1. The largest absolute Gasteiger partial charge is 0.356 e. The molecule has 120 valence electrons. The van der Waals surface area contributed by atoms with Crippen molar-refractivity contribution in [1.29, 1.82) is 0 Å². The Bertz CT molecular complexity index is 537. The summed E-state index contributed by atoms with van der Waals surface area (Å²) in [5.41, 5.74) is 0.534. The van der Waals surface area contributed by atoms with Crippen molar-refractivity contribution in [2.75, 3.05) is 19.6 Å². The van der Waals surface area contributed by atoms with Gasteiger partial charge in [-0.15, -0.1) is 0 Å². The van der Waals surface area contributed by atoms with Crippen LogP contribution in [0.25, 0.3) is 0 Å². The summed E-state index contributed by atoms with van der Waals surface area (Å²) in [6.45, 7) is 6.06. The molecule has 1 aliphatic heterocycles. The Hall–Kier alpha value is -1.55. The Morgan fingerprint density at radius 3 is 2.50 bits per heavy atom. The lowest BCUT2D eigenvalue weighted by Gasteiger charge is -2.31. The van der Waals surface area contributed by atoms with Crippen LogP contribution in [0.1, 0.15) is 37.0 Å². The summed E-state index contributed by atoms with van der Waals surface area (Å²) in [5, 5.41) is 3.45. The molecule has 4 nitrogen and oxygen atoms in total. The van der Waals surface area contributed by atoms with Crippen LogP contribution in [0, 0.1) is 11.8 Å². The van der Waals surface area contributed by atoms with Gasteiger partial charge in [0.25, 0.3) is 5.91 Å². The zero-order valence-electron chi connectivity index (χ0n) is 13.1. The molecule has 1 aromatic carbocycles. The number of piperidine rings is 1. The van der Waals surface area contributed by atoms with E-state index in [0.717, 1.165) is 0 Å². The average molecular weight is 323 g/mol. The maximum absolute atomic E-state index is 12.5. The van der Waals surface area contributed by atoms with Crippen LogP contribution in [-0.2, 0) is 4.79 Å². The highest BCUT2D eigenvalue weighted by Crippen LogP contribution is 2.22. The van der Waals surface area contributed by atoms with E-state index in [9.17, 15) is 9.59 Å². The van der Waals surface area contributed by atoms with Crippen molar-refractivity contribution in [1.82, 2.24) is 10.2 Å². The molecule has 1 N–H and O–H groups in total. The molecule has 0 unspecified atom stereocenters. The molecular weight excluding hydrogens is 300 g/mol. The first-order valence-electron chi connectivity index (χ1n) is 7.80. The van der Waals surface area contributed by atoms with Crippen molar-refractivity contribution in [3.05, 3.63) is 34.9 Å². The van der Waals surface area contributed by atoms with Crippen molar-refractivity contribution in [2.24, 2.45) is 11.8 Å². The van der Waals surface area contributed by atoms with E-state index in [0.29, 0.717) is 49.0 Å². The second kappa shape index (κ2) is 7.63. The number of carbonyl (C=O) groups excluding carboxylic acids is 2. The van der Waals surface area contributed by atoms with Crippen molar-refractivity contribution < 1.29 is 9.59 Å². The van der Waals surface area contributed by atoms with E-state index in [1.54, 1.807) is 17.0 Å². The van der Waals surface area contributed by atoms with Gasteiger partial charge in [0.05, 0.1) is 10.6 Å². The quantitative estimate of drug-likeness (QED) is 0.926. The Kier molecular flexibility index (Phi) is 5.83. The Labute approximate surface area is 136 Å². The lowest BCUT2D eigenvalue weighted by atomic mass is 9.95. The highest BCUT2D eigenvalue weighted by molar-refractivity contribution is 6.33. The number of likely N-dealkylation sites (tertiary alicyclic amines) is 1. The molecular formula is C17H23ClN2O2. The van der Waals surface area contributed by atoms with Gasteiger partial charge in [-0.25, -0.2) is 0 Å². The van der Waals surface area contributed by atoms with Gasteiger partial charge in [0, 0.05) is 25.6 Å². The lowest BCUT2D eigenvalue weighted by molar-refractivity contribution is -0.126. The second-order valence-corrected chi connectivity index (χ2v) is 6.59. The van der Waals surface area contributed by atoms with Gasteiger partial charge >= 0.3 is 0 Å². The van der Waals surface area contributed by atoms with Crippen molar-refractivity contribution in [3.8, 4) is 0 Å².